The number of hydrogen-bond donors (Lipinski definition) is 2. The van der Waals surface area contributed by atoms with E-state index in [1.54, 1.807) is 6.07 Å². The Hall–Kier alpha value is -2.16. The second-order valence-corrected chi connectivity index (χ2v) is 4.41. The molecule has 2 aromatic carbocycles. The Labute approximate surface area is 107 Å². The lowest BCUT2D eigenvalue weighted by molar-refractivity contribution is 0.467. The second kappa shape index (κ2) is 5.45. The van der Waals surface area contributed by atoms with Crippen molar-refractivity contribution in [2.45, 2.75) is 19.8 Å². The van der Waals surface area contributed by atoms with Crippen molar-refractivity contribution in [1.29, 1.82) is 5.53 Å². The van der Waals surface area contributed by atoms with Gasteiger partial charge in [-0.1, -0.05) is 24.3 Å². The van der Waals surface area contributed by atoms with Crippen LogP contribution < -0.4 is 0 Å². The van der Waals surface area contributed by atoms with Crippen molar-refractivity contribution >= 4 is 5.69 Å². The normalized spacial score (nSPS) is 10.3. The molecule has 0 radical (unpaired) electrons. The molecule has 3 nitrogen and oxygen atoms in total. The molecule has 0 saturated heterocycles. The number of rotatable bonds is 4. The summed E-state index contributed by atoms with van der Waals surface area (Å²) in [5, 5.41) is 13.2. The Kier molecular flexibility index (Phi) is 3.72. The van der Waals surface area contributed by atoms with Crippen molar-refractivity contribution in [3.63, 3.8) is 0 Å². The number of aryl methyl sites for hydroxylation is 3. The van der Waals surface area contributed by atoms with Gasteiger partial charge in [-0.05, 0) is 54.7 Å². The minimum Gasteiger partial charge on any atom is -0.508 e. The zero-order valence-corrected chi connectivity index (χ0v) is 10.4. The highest BCUT2D eigenvalue weighted by Crippen LogP contribution is 2.21. The third-order valence-corrected chi connectivity index (χ3v) is 2.99. The highest BCUT2D eigenvalue weighted by atomic mass is 16.3. The van der Waals surface area contributed by atoms with Gasteiger partial charge in [0.15, 0.2) is 0 Å². The first kappa shape index (κ1) is 12.3. The number of benzene rings is 2. The minimum absolute atomic E-state index is 0.368. The van der Waals surface area contributed by atoms with Gasteiger partial charge in [0.1, 0.15) is 5.75 Å². The smallest absolute Gasteiger partial charge is 0.119 e. The number of nitrogens with one attached hydrogen (secondary N) is 1. The zero-order chi connectivity index (χ0) is 13.0. The molecule has 0 amide bonds. The highest BCUT2D eigenvalue weighted by molar-refractivity contribution is 5.39. The van der Waals surface area contributed by atoms with Crippen LogP contribution in [0.2, 0.25) is 0 Å². The Balaban J connectivity index is 2.04. The lowest BCUT2D eigenvalue weighted by atomic mass is 10.0. The Morgan fingerprint density at radius 1 is 1.06 bits per heavy atom. The fraction of sp³-hybridized carbons (Fsp3) is 0.200. The van der Waals surface area contributed by atoms with Gasteiger partial charge in [-0.2, -0.15) is 5.11 Å². The molecular formula is C15H16N2O. The lowest BCUT2D eigenvalue weighted by Gasteiger charge is -2.06. The van der Waals surface area contributed by atoms with Crippen molar-refractivity contribution in [2.75, 3.05) is 0 Å². The van der Waals surface area contributed by atoms with E-state index in [9.17, 15) is 5.11 Å². The quantitative estimate of drug-likeness (QED) is 0.775. The summed E-state index contributed by atoms with van der Waals surface area (Å²) in [5.74, 6) is 0.368. The van der Waals surface area contributed by atoms with Gasteiger partial charge in [-0.25, -0.2) is 5.53 Å². The number of nitrogens with zero attached hydrogens (tertiary/aromatic N) is 1. The molecule has 0 aliphatic carbocycles. The number of hydrogen-bond acceptors (Lipinski definition) is 3. The molecule has 0 fully saturated rings. The van der Waals surface area contributed by atoms with Crippen LogP contribution in [0.3, 0.4) is 0 Å². The molecule has 0 atom stereocenters. The van der Waals surface area contributed by atoms with Crippen LogP contribution in [-0.4, -0.2) is 5.11 Å². The summed E-state index contributed by atoms with van der Waals surface area (Å²) in [4.78, 5) is 0. The standard InChI is InChI=1S/C15H16N2O/c1-11-2-6-13(15(18)10-11)7-3-12-4-8-14(17-16)9-5-12/h2,4-6,8-10,16,18H,3,7H2,1H3. The van der Waals surface area contributed by atoms with Crippen molar-refractivity contribution < 1.29 is 5.11 Å². The monoisotopic (exact) mass is 240 g/mol. The largest absolute Gasteiger partial charge is 0.508 e. The van der Waals surface area contributed by atoms with Crippen LogP contribution in [0.15, 0.2) is 47.6 Å². The molecule has 0 saturated carbocycles. The van der Waals surface area contributed by atoms with Gasteiger partial charge in [-0.3, -0.25) is 0 Å². The molecule has 0 unspecified atom stereocenters. The molecule has 3 heteroatoms. The molecule has 2 rings (SSSR count). The molecule has 0 aliphatic heterocycles. The summed E-state index contributed by atoms with van der Waals surface area (Å²) >= 11 is 0. The summed E-state index contributed by atoms with van der Waals surface area (Å²) in [6, 6.07) is 13.4. The lowest BCUT2D eigenvalue weighted by Crippen LogP contribution is -1.92. The van der Waals surface area contributed by atoms with E-state index in [2.05, 4.69) is 5.11 Å². The Morgan fingerprint density at radius 3 is 2.39 bits per heavy atom. The summed E-state index contributed by atoms with van der Waals surface area (Å²) in [5.41, 5.74) is 10.8. The van der Waals surface area contributed by atoms with Gasteiger partial charge in [0.2, 0.25) is 0 Å². The number of phenols is 1. The van der Waals surface area contributed by atoms with E-state index in [1.807, 2.05) is 43.3 Å². The van der Waals surface area contributed by atoms with Gasteiger partial charge in [-0.15, -0.1) is 0 Å². The maximum Gasteiger partial charge on any atom is 0.119 e. The fourth-order valence-electron chi connectivity index (χ4n) is 1.90. The van der Waals surface area contributed by atoms with Crippen molar-refractivity contribution in [3.8, 4) is 5.75 Å². The summed E-state index contributed by atoms with van der Waals surface area (Å²) in [7, 11) is 0. The molecule has 18 heavy (non-hydrogen) atoms. The Morgan fingerprint density at radius 2 is 1.78 bits per heavy atom. The maximum absolute atomic E-state index is 9.81. The van der Waals surface area contributed by atoms with Crippen LogP contribution in [0.25, 0.3) is 0 Å². The van der Waals surface area contributed by atoms with Crippen molar-refractivity contribution in [1.82, 2.24) is 0 Å². The average molecular weight is 240 g/mol. The van der Waals surface area contributed by atoms with E-state index in [0.29, 0.717) is 11.4 Å². The molecule has 0 aliphatic rings. The summed E-state index contributed by atoms with van der Waals surface area (Å²) in [6.45, 7) is 1.96. The minimum atomic E-state index is 0.368. The van der Waals surface area contributed by atoms with Crippen LogP contribution >= 0.6 is 0 Å². The molecule has 0 heterocycles. The SMILES string of the molecule is Cc1ccc(CCc2ccc(N=N)cc2)c(O)c1. The molecular weight excluding hydrogens is 224 g/mol. The first-order valence-corrected chi connectivity index (χ1v) is 5.94. The van der Waals surface area contributed by atoms with E-state index in [0.717, 1.165) is 24.0 Å². The Bertz CT molecular complexity index is 547. The van der Waals surface area contributed by atoms with Crippen LogP contribution in [0.1, 0.15) is 16.7 Å². The van der Waals surface area contributed by atoms with Gasteiger partial charge < -0.3 is 5.11 Å². The van der Waals surface area contributed by atoms with Crippen LogP contribution in [0.5, 0.6) is 5.75 Å². The zero-order valence-electron chi connectivity index (χ0n) is 10.4. The third-order valence-electron chi connectivity index (χ3n) is 2.99. The van der Waals surface area contributed by atoms with E-state index >= 15 is 0 Å². The first-order valence-electron chi connectivity index (χ1n) is 5.94. The van der Waals surface area contributed by atoms with Crippen LogP contribution in [-0.2, 0) is 12.8 Å². The molecule has 92 valence electrons. The third kappa shape index (κ3) is 2.94. The van der Waals surface area contributed by atoms with E-state index < -0.39 is 0 Å². The molecule has 0 aromatic heterocycles. The molecule has 2 N–H and O–H groups in total. The summed E-state index contributed by atoms with van der Waals surface area (Å²) < 4.78 is 0. The van der Waals surface area contributed by atoms with Crippen molar-refractivity contribution in [2.24, 2.45) is 5.11 Å². The second-order valence-electron chi connectivity index (χ2n) is 4.41. The maximum atomic E-state index is 9.81. The van der Waals surface area contributed by atoms with Crippen LogP contribution in [0, 0.1) is 12.5 Å². The van der Waals surface area contributed by atoms with E-state index in [1.165, 1.54) is 5.56 Å². The van der Waals surface area contributed by atoms with Gasteiger partial charge in [0.05, 0.1) is 5.69 Å². The topological polar surface area (TPSA) is 56.4 Å². The van der Waals surface area contributed by atoms with Crippen molar-refractivity contribution in [3.05, 3.63) is 59.2 Å². The number of aromatic hydroxyl groups is 1. The van der Waals surface area contributed by atoms with Crippen LogP contribution in [0.4, 0.5) is 5.69 Å². The molecule has 0 spiro atoms. The highest BCUT2D eigenvalue weighted by Gasteiger charge is 2.02. The van der Waals surface area contributed by atoms with Gasteiger partial charge in [0.25, 0.3) is 0 Å². The average Bonchev–Trinajstić information content (AvgIpc) is 2.38. The van der Waals surface area contributed by atoms with E-state index in [-0.39, 0.29) is 0 Å². The molecule has 0 bridgehead atoms. The van der Waals surface area contributed by atoms with Gasteiger partial charge in [0, 0.05) is 0 Å². The fourth-order valence-corrected chi connectivity index (χ4v) is 1.90. The van der Waals surface area contributed by atoms with Gasteiger partial charge >= 0.3 is 0 Å². The number of phenolic OH excluding ortho intramolecular Hbond substituents is 1. The summed E-state index contributed by atoms with van der Waals surface area (Å²) in [6.07, 6.45) is 1.68. The molecule has 2 aromatic rings. The predicted molar refractivity (Wildman–Crippen MR) is 71.5 cm³/mol. The van der Waals surface area contributed by atoms with E-state index in [4.69, 9.17) is 5.53 Å². The predicted octanol–water partition coefficient (Wildman–Crippen LogP) is 4.15. The first-order chi connectivity index (χ1) is 8.69.